The van der Waals surface area contributed by atoms with Crippen molar-refractivity contribution in [2.75, 3.05) is 40.7 Å². The van der Waals surface area contributed by atoms with Crippen molar-refractivity contribution in [2.24, 2.45) is 0 Å². The molecule has 9 heteroatoms. The van der Waals surface area contributed by atoms with Gasteiger partial charge in [-0.25, -0.2) is 12.7 Å². The molecule has 0 saturated carbocycles. The molecule has 2 aromatic carbocycles. The minimum Gasteiger partial charge on any atom is -0.497 e. The highest BCUT2D eigenvalue weighted by Crippen LogP contribution is 2.26. The highest BCUT2D eigenvalue weighted by Gasteiger charge is 2.18. The van der Waals surface area contributed by atoms with Gasteiger partial charge < -0.3 is 19.7 Å². The first kappa shape index (κ1) is 21.9. The van der Waals surface area contributed by atoms with Crippen LogP contribution in [0.5, 0.6) is 11.5 Å². The average Bonchev–Trinajstić information content (AvgIpc) is 2.68. The van der Waals surface area contributed by atoms with Crippen molar-refractivity contribution >= 4 is 33.0 Å². The fourth-order valence-corrected chi connectivity index (χ4v) is 3.60. The van der Waals surface area contributed by atoms with E-state index < -0.39 is 10.0 Å². The van der Waals surface area contributed by atoms with Gasteiger partial charge in [-0.05, 0) is 42.5 Å². The van der Waals surface area contributed by atoms with E-state index in [4.69, 9.17) is 21.7 Å². The van der Waals surface area contributed by atoms with E-state index in [-0.39, 0.29) is 4.90 Å². The predicted octanol–water partition coefficient (Wildman–Crippen LogP) is 2.78. The van der Waals surface area contributed by atoms with Crippen LogP contribution in [0.15, 0.2) is 47.4 Å². The Morgan fingerprint density at radius 3 is 2.39 bits per heavy atom. The van der Waals surface area contributed by atoms with Crippen LogP contribution >= 0.6 is 12.2 Å². The molecule has 152 valence electrons. The lowest BCUT2D eigenvalue weighted by molar-refractivity contribution is 0.384. The number of hydrogen-bond donors (Lipinski definition) is 1. The summed E-state index contributed by atoms with van der Waals surface area (Å²) in [7, 11) is 4.53. The summed E-state index contributed by atoms with van der Waals surface area (Å²) in [6, 6.07) is 12.1. The molecule has 0 aromatic heterocycles. The van der Waals surface area contributed by atoms with Crippen molar-refractivity contribution in [3.05, 3.63) is 48.0 Å². The van der Waals surface area contributed by atoms with Crippen LogP contribution in [-0.4, -0.2) is 58.1 Å². The van der Waals surface area contributed by atoms with E-state index in [1.165, 1.54) is 18.4 Å². The minimum atomic E-state index is -3.51. The lowest BCUT2D eigenvalue weighted by atomic mass is 10.2. The molecule has 2 aromatic rings. The Morgan fingerprint density at radius 2 is 1.79 bits per heavy atom. The third-order valence-electron chi connectivity index (χ3n) is 4.11. The van der Waals surface area contributed by atoms with Crippen LogP contribution in [0.4, 0.5) is 5.69 Å². The van der Waals surface area contributed by atoms with Gasteiger partial charge in [-0.2, -0.15) is 0 Å². The number of sulfonamides is 1. The van der Waals surface area contributed by atoms with Gasteiger partial charge in [0.15, 0.2) is 5.11 Å². The molecule has 0 spiro atoms. The van der Waals surface area contributed by atoms with Crippen LogP contribution in [0.25, 0.3) is 0 Å². The van der Waals surface area contributed by atoms with Crippen molar-refractivity contribution in [3.63, 3.8) is 0 Å². The number of methoxy groups -OCH3 is 2. The van der Waals surface area contributed by atoms with Crippen molar-refractivity contribution in [1.29, 1.82) is 0 Å². The number of rotatable bonds is 7. The third kappa shape index (κ3) is 5.12. The molecule has 0 aliphatic rings. The third-order valence-corrected chi connectivity index (χ3v) is 6.34. The van der Waals surface area contributed by atoms with Crippen LogP contribution < -0.4 is 14.8 Å². The highest BCUT2D eigenvalue weighted by atomic mass is 32.2. The molecule has 2 rings (SSSR count). The van der Waals surface area contributed by atoms with Crippen LogP contribution in [0.3, 0.4) is 0 Å². The topological polar surface area (TPSA) is 71.1 Å². The summed E-state index contributed by atoms with van der Waals surface area (Å²) in [5, 5.41) is 3.54. The first-order valence-electron chi connectivity index (χ1n) is 8.44. The summed E-state index contributed by atoms with van der Waals surface area (Å²) in [6.45, 7) is 0.509. The minimum absolute atomic E-state index is 0.199. The molecule has 0 radical (unpaired) electrons. The maximum absolute atomic E-state index is 12.3. The van der Waals surface area contributed by atoms with Gasteiger partial charge in [0.25, 0.3) is 0 Å². The standard InChI is InChI=1S/C19H25N3O4S2/c1-21(2)28(23,24)17-8-6-7-15(11-17)20-19(27)22(3)13-14-9-10-16(25-4)12-18(14)26-5/h6-12H,13H2,1-5H3,(H,20,27). The van der Waals surface area contributed by atoms with Gasteiger partial charge in [0.1, 0.15) is 11.5 Å². The van der Waals surface area contributed by atoms with Gasteiger partial charge in [-0.1, -0.05) is 6.07 Å². The second-order valence-electron chi connectivity index (χ2n) is 6.28. The van der Waals surface area contributed by atoms with E-state index in [0.29, 0.717) is 28.8 Å². The zero-order chi connectivity index (χ0) is 20.9. The summed E-state index contributed by atoms with van der Waals surface area (Å²) in [5.41, 5.74) is 1.54. The van der Waals surface area contributed by atoms with E-state index >= 15 is 0 Å². The Hall–Kier alpha value is -2.36. The number of nitrogens with zero attached hydrogens (tertiary/aromatic N) is 2. The van der Waals surface area contributed by atoms with Gasteiger partial charge in [-0.15, -0.1) is 0 Å². The van der Waals surface area contributed by atoms with E-state index in [1.807, 2.05) is 30.1 Å². The molecule has 7 nitrogen and oxygen atoms in total. The molecule has 0 unspecified atom stereocenters. The van der Waals surface area contributed by atoms with E-state index in [9.17, 15) is 8.42 Å². The second-order valence-corrected chi connectivity index (χ2v) is 8.82. The molecule has 0 heterocycles. The molecule has 1 N–H and O–H groups in total. The number of benzene rings is 2. The van der Waals surface area contributed by atoms with Crippen LogP contribution in [0, 0.1) is 0 Å². The molecule has 0 saturated heterocycles. The zero-order valence-electron chi connectivity index (χ0n) is 16.6. The lowest BCUT2D eigenvalue weighted by Crippen LogP contribution is -2.30. The van der Waals surface area contributed by atoms with Crippen LogP contribution in [-0.2, 0) is 16.6 Å². The molecular formula is C19H25N3O4S2. The maximum Gasteiger partial charge on any atom is 0.242 e. The quantitative estimate of drug-likeness (QED) is 0.687. The molecule has 0 aliphatic carbocycles. The monoisotopic (exact) mass is 423 g/mol. The van der Waals surface area contributed by atoms with E-state index in [2.05, 4.69) is 5.32 Å². The van der Waals surface area contributed by atoms with Crippen molar-refractivity contribution in [1.82, 2.24) is 9.21 Å². The molecule has 0 aliphatic heterocycles. The zero-order valence-corrected chi connectivity index (χ0v) is 18.2. The highest BCUT2D eigenvalue weighted by molar-refractivity contribution is 7.89. The molecule has 28 heavy (non-hydrogen) atoms. The fourth-order valence-electron chi connectivity index (χ4n) is 2.47. The van der Waals surface area contributed by atoms with Gasteiger partial charge in [0.05, 0.1) is 19.1 Å². The fraction of sp³-hybridized carbons (Fsp3) is 0.316. The Morgan fingerprint density at radius 1 is 1.07 bits per heavy atom. The first-order chi connectivity index (χ1) is 13.2. The molecule has 0 amide bonds. The number of ether oxygens (including phenoxy) is 2. The number of anilines is 1. The summed E-state index contributed by atoms with van der Waals surface area (Å²) >= 11 is 5.46. The number of hydrogen-bond acceptors (Lipinski definition) is 5. The molecule has 0 fully saturated rings. The van der Waals surface area contributed by atoms with Crippen molar-refractivity contribution < 1.29 is 17.9 Å². The first-order valence-corrected chi connectivity index (χ1v) is 10.3. The Kier molecular flexibility index (Phi) is 7.22. The van der Waals surface area contributed by atoms with Gasteiger partial charge in [0, 0.05) is 45.0 Å². The van der Waals surface area contributed by atoms with Gasteiger partial charge in [0.2, 0.25) is 10.0 Å². The molecule has 0 atom stereocenters. The van der Waals surface area contributed by atoms with Crippen LogP contribution in [0.1, 0.15) is 5.56 Å². The molecule has 0 bridgehead atoms. The Labute approximate surface area is 171 Å². The summed E-state index contributed by atoms with van der Waals surface area (Å²) < 4.78 is 36.4. The van der Waals surface area contributed by atoms with Gasteiger partial charge in [-0.3, -0.25) is 0 Å². The number of thiocarbonyl (C=S) groups is 1. The Bertz CT molecular complexity index is 946. The van der Waals surface area contributed by atoms with Crippen molar-refractivity contribution in [3.8, 4) is 11.5 Å². The maximum atomic E-state index is 12.3. The smallest absolute Gasteiger partial charge is 0.242 e. The normalized spacial score (nSPS) is 11.2. The van der Waals surface area contributed by atoms with E-state index in [0.717, 1.165) is 5.56 Å². The predicted molar refractivity (Wildman–Crippen MR) is 115 cm³/mol. The molecular weight excluding hydrogens is 398 g/mol. The number of nitrogens with one attached hydrogen (secondary N) is 1. The Balaban J connectivity index is 2.13. The van der Waals surface area contributed by atoms with E-state index in [1.54, 1.807) is 38.5 Å². The second kappa shape index (κ2) is 9.22. The SMILES string of the molecule is COc1ccc(CN(C)C(=S)Nc2cccc(S(=O)(=O)N(C)C)c2)c(OC)c1. The largest absolute Gasteiger partial charge is 0.497 e. The van der Waals surface area contributed by atoms with Gasteiger partial charge >= 0.3 is 0 Å². The summed E-state index contributed by atoms with van der Waals surface area (Å²) in [4.78, 5) is 2.04. The average molecular weight is 424 g/mol. The van der Waals surface area contributed by atoms with Crippen molar-refractivity contribution in [2.45, 2.75) is 11.4 Å². The lowest BCUT2D eigenvalue weighted by Gasteiger charge is -2.22. The van der Waals surface area contributed by atoms with Crippen LogP contribution in [0.2, 0.25) is 0 Å². The summed E-state index contributed by atoms with van der Waals surface area (Å²) in [6.07, 6.45) is 0. The summed E-state index contributed by atoms with van der Waals surface area (Å²) in [5.74, 6) is 1.41.